The molecule has 154 valence electrons. The summed E-state index contributed by atoms with van der Waals surface area (Å²) in [6.45, 7) is 1.74. The van der Waals surface area contributed by atoms with Crippen molar-refractivity contribution in [2.75, 3.05) is 5.32 Å². The number of aromatic nitrogens is 4. The highest BCUT2D eigenvalue weighted by molar-refractivity contribution is 6.03. The molecule has 4 amide bonds. The highest BCUT2D eigenvalue weighted by Gasteiger charge is 2.30. The summed E-state index contributed by atoms with van der Waals surface area (Å²) in [5, 5.41) is 13.4. The summed E-state index contributed by atoms with van der Waals surface area (Å²) >= 11 is 0. The molecule has 2 aromatic carbocycles. The number of imidazole rings is 1. The van der Waals surface area contributed by atoms with Crippen molar-refractivity contribution in [3.05, 3.63) is 84.7 Å². The van der Waals surface area contributed by atoms with Gasteiger partial charge in [0, 0.05) is 34.9 Å². The number of H-pyrrole nitrogens is 1. The summed E-state index contributed by atoms with van der Waals surface area (Å²) in [5.74, 6) is 0. The number of urea groups is 2. The number of imide groups is 1. The Bertz CT molecular complexity index is 1310. The third-order valence-electron chi connectivity index (χ3n) is 5.17. The predicted octanol–water partition coefficient (Wildman–Crippen LogP) is 3.95. The van der Waals surface area contributed by atoms with Gasteiger partial charge in [-0.3, -0.25) is 5.10 Å². The molecular weight excluding hydrogens is 394 g/mol. The van der Waals surface area contributed by atoms with Crippen LogP contribution in [0.4, 0.5) is 15.3 Å². The second-order valence-corrected chi connectivity index (χ2v) is 7.24. The Morgan fingerprint density at radius 3 is 2.90 bits per heavy atom. The fourth-order valence-corrected chi connectivity index (χ4v) is 3.64. The van der Waals surface area contributed by atoms with Gasteiger partial charge in [-0.15, -0.1) is 0 Å². The maximum Gasteiger partial charge on any atom is 0.334 e. The molecule has 9 nitrogen and oxygen atoms in total. The van der Waals surface area contributed by atoms with Gasteiger partial charge in [0.05, 0.1) is 24.1 Å². The Kier molecular flexibility index (Phi) is 4.47. The number of carbonyl (C=O) groups excluding carboxylic acids is 2. The van der Waals surface area contributed by atoms with E-state index in [4.69, 9.17) is 0 Å². The first-order chi connectivity index (χ1) is 15.1. The molecule has 0 spiro atoms. The number of benzene rings is 2. The first-order valence-electron chi connectivity index (χ1n) is 9.70. The molecule has 4 aromatic rings. The minimum atomic E-state index is -0.528. The van der Waals surface area contributed by atoms with Crippen molar-refractivity contribution in [2.24, 2.45) is 0 Å². The van der Waals surface area contributed by atoms with Crippen LogP contribution in [0.25, 0.3) is 16.6 Å². The molecule has 1 aliphatic heterocycles. The Labute approximate surface area is 177 Å². The fraction of sp³-hybridized carbons (Fsp3) is 0.0909. The van der Waals surface area contributed by atoms with Crippen LogP contribution in [0.5, 0.6) is 0 Å². The molecule has 1 aliphatic rings. The number of rotatable bonds is 3. The number of hydrogen-bond donors (Lipinski definition) is 3. The molecule has 1 atom stereocenters. The Hall–Kier alpha value is -4.40. The van der Waals surface area contributed by atoms with Gasteiger partial charge >= 0.3 is 12.1 Å². The summed E-state index contributed by atoms with van der Waals surface area (Å²) < 4.78 is 1.89. The number of anilines is 1. The lowest BCUT2D eigenvalue weighted by Gasteiger charge is -2.30. The van der Waals surface area contributed by atoms with Crippen LogP contribution in [0, 0.1) is 0 Å². The highest BCUT2D eigenvalue weighted by atomic mass is 16.2. The van der Waals surface area contributed by atoms with Crippen molar-refractivity contribution in [1.29, 1.82) is 0 Å². The molecule has 0 bridgehead atoms. The smallest absolute Gasteiger partial charge is 0.327 e. The molecule has 0 saturated carbocycles. The van der Waals surface area contributed by atoms with Gasteiger partial charge in [-0.1, -0.05) is 12.1 Å². The molecule has 0 aliphatic carbocycles. The third-order valence-corrected chi connectivity index (χ3v) is 5.17. The minimum Gasteiger partial charge on any atom is -0.327 e. The van der Waals surface area contributed by atoms with Crippen molar-refractivity contribution in [1.82, 2.24) is 30.0 Å². The van der Waals surface area contributed by atoms with Crippen LogP contribution in [-0.4, -0.2) is 36.7 Å². The van der Waals surface area contributed by atoms with Crippen LogP contribution in [0.3, 0.4) is 0 Å². The quantitative estimate of drug-likeness (QED) is 0.473. The minimum absolute atomic E-state index is 0.345. The summed E-state index contributed by atoms with van der Waals surface area (Å²) in [4.78, 5) is 30.7. The largest absolute Gasteiger partial charge is 0.334 e. The van der Waals surface area contributed by atoms with Gasteiger partial charge in [-0.2, -0.15) is 5.10 Å². The zero-order valence-electron chi connectivity index (χ0n) is 16.6. The van der Waals surface area contributed by atoms with Gasteiger partial charge in [-0.05, 0) is 48.9 Å². The third kappa shape index (κ3) is 3.52. The first-order valence-corrected chi connectivity index (χ1v) is 9.70. The van der Waals surface area contributed by atoms with E-state index in [1.807, 2.05) is 47.2 Å². The lowest BCUT2D eigenvalue weighted by atomic mass is 10.0. The number of allylic oxidation sites excluding steroid dienone is 1. The molecule has 3 N–H and O–H groups in total. The van der Waals surface area contributed by atoms with E-state index in [2.05, 4.69) is 25.8 Å². The SMILES string of the molecule is CC1=CC(c2cccc(-n3ccnc3)c2)NC(=O)N1C(=O)Nc1ccc2[nH]ncc2c1. The normalized spacial score (nSPS) is 16.2. The van der Waals surface area contributed by atoms with Crippen molar-refractivity contribution < 1.29 is 9.59 Å². The summed E-state index contributed by atoms with van der Waals surface area (Å²) in [7, 11) is 0. The second kappa shape index (κ2) is 7.45. The number of aromatic amines is 1. The van der Waals surface area contributed by atoms with Crippen LogP contribution in [0.15, 0.2) is 79.2 Å². The standard InChI is InChI=1S/C22H19N7O2/c1-14-9-20(15-3-2-4-18(11-15)28-8-7-23-13-28)26-22(31)29(14)21(30)25-17-5-6-19-16(10-17)12-24-27-19/h2-13,20H,1H3,(H,24,27)(H,25,30)(H,26,31). The molecule has 2 aromatic heterocycles. The first kappa shape index (κ1) is 18.6. The summed E-state index contributed by atoms with van der Waals surface area (Å²) in [6, 6.07) is 11.8. The maximum atomic E-state index is 12.8. The average molecular weight is 413 g/mol. The molecule has 0 fully saturated rings. The van der Waals surface area contributed by atoms with E-state index in [1.165, 1.54) is 0 Å². The van der Waals surface area contributed by atoms with E-state index in [0.717, 1.165) is 27.1 Å². The number of fused-ring (bicyclic) bond motifs is 1. The average Bonchev–Trinajstić information content (AvgIpc) is 3.45. The second-order valence-electron chi connectivity index (χ2n) is 7.24. The zero-order valence-corrected chi connectivity index (χ0v) is 16.6. The van der Waals surface area contributed by atoms with E-state index >= 15 is 0 Å². The van der Waals surface area contributed by atoms with Crippen LogP contribution in [0.1, 0.15) is 18.5 Å². The van der Waals surface area contributed by atoms with Crippen LogP contribution >= 0.6 is 0 Å². The van der Waals surface area contributed by atoms with Crippen LogP contribution in [-0.2, 0) is 0 Å². The Morgan fingerprint density at radius 1 is 1.19 bits per heavy atom. The van der Waals surface area contributed by atoms with Crippen molar-refractivity contribution in [3.63, 3.8) is 0 Å². The zero-order chi connectivity index (χ0) is 21.4. The van der Waals surface area contributed by atoms with Gasteiger partial charge in [0.2, 0.25) is 0 Å². The van der Waals surface area contributed by atoms with Crippen LogP contribution < -0.4 is 10.6 Å². The van der Waals surface area contributed by atoms with Crippen molar-refractivity contribution in [2.45, 2.75) is 13.0 Å². The molecule has 1 unspecified atom stereocenters. The van der Waals surface area contributed by atoms with Crippen LogP contribution in [0.2, 0.25) is 0 Å². The number of carbonyl (C=O) groups is 2. The number of hydrogen-bond acceptors (Lipinski definition) is 4. The van der Waals surface area contributed by atoms with E-state index in [9.17, 15) is 9.59 Å². The van der Waals surface area contributed by atoms with E-state index in [1.54, 1.807) is 37.8 Å². The van der Waals surface area contributed by atoms with Gasteiger partial charge in [0.25, 0.3) is 0 Å². The Balaban J connectivity index is 1.36. The molecule has 0 saturated heterocycles. The fourth-order valence-electron chi connectivity index (χ4n) is 3.64. The molecule has 5 rings (SSSR count). The van der Waals surface area contributed by atoms with Crippen molar-refractivity contribution in [3.8, 4) is 5.69 Å². The molecule has 9 heteroatoms. The van der Waals surface area contributed by atoms with Gasteiger partial charge in [0.15, 0.2) is 0 Å². The van der Waals surface area contributed by atoms with Crippen molar-refractivity contribution >= 4 is 28.7 Å². The van der Waals surface area contributed by atoms with E-state index in [-0.39, 0.29) is 6.04 Å². The lowest BCUT2D eigenvalue weighted by Crippen LogP contribution is -2.48. The topological polar surface area (TPSA) is 108 Å². The molecular formula is C22H19N7O2. The predicted molar refractivity (Wildman–Crippen MR) is 116 cm³/mol. The number of amides is 4. The number of nitrogens with one attached hydrogen (secondary N) is 3. The Morgan fingerprint density at radius 2 is 2.10 bits per heavy atom. The maximum absolute atomic E-state index is 12.8. The lowest BCUT2D eigenvalue weighted by molar-refractivity contribution is 0.199. The van der Waals surface area contributed by atoms with Gasteiger partial charge < -0.3 is 15.2 Å². The summed E-state index contributed by atoms with van der Waals surface area (Å²) in [6.07, 6.45) is 8.80. The molecule has 31 heavy (non-hydrogen) atoms. The highest BCUT2D eigenvalue weighted by Crippen LogP contribution is 2.25. The monoisotopic (exact) mass is 413 g/mol. The van der Waals surface area contributed by atoms with E-state index in [0.29, 0.717) is 11.4 Å². The molecule has 3 heterocycles. The van der Waals surface area contributed by atoms with Gasteiger partial charge in [-0.25, -0.2) is 19.5 Å². The van der Waals surface area contributed by atoms with Gasteiger partial charge in [0.1, 0.15) is 0 Å². The van der Waals surface area contributed by atoms with E-state index < -0.39 is 12.1 Å². The number of nitrogens with zero attached hydrogens (tertiary/aromatic N) is 4. The summed E-state index contributed by atoms with van der Waals surface area (Å²) in [5.41, 5.74) is 3.83. The molecule has 0 radical (unpaired) electrons.